The molecule has 6 nitrogen and oxygen atoms in total. The van der Waals surface area contributed by atoms with Crippen LogP contribution in [-0.2, 0) is 0 Å². The molecule has 1 aromatic rings. The highest BCUT2D eigenvalue weighted by Gasteiger charge is 2.17. The van der Waals surface area contributed by atoms with Crippen LogP contribution < -0.4 is 5.32 Å². The van der Waals surface area contributed by atoms with Gasteiger partial charge in [0.25, 0.3) is 0 Å². The molecular formula is C17H21N5O. The van der Waals surface area contributed by atoms with Crippen molar-refractivity contribution in [3.8, 4) is 12.1 Å². The summed E-state index contributed by atoms with van der Waals surface area (Å²) in [5.74, 6) is 0. The van der Waals surface area contributed by atoms with Crippen molar-refractivity contribution in [2.45, 2.75) is 6.10 Å². The highest BCUT2D eigenvalue weighted by atomic mass is 16.3. The van der Waals surface area contributed by atoms with E-state index in [1.165, 1.54) is 6.20 Å². The van der Waals surface area contributed by atoms with Crippen LogP contribution in [0.25, 0.3) is 0 Å². The molecule has 1 aromatic carbocycles. The molecule has 1 atom stereocenters. The van der Waals surface area contributed by atoms with Gasteiger partial charge >= 0.3 is 0 Å². The molecule has 0 aromatic heterocycles. The summed E-state index contributed by atoms with van der Waals surface area (Å²) < 4.78 is 0. The van der Waals surface area contributed by atoms with E-state index >= 15 is 0 Å². The number of nitrogens with one attached hydrogen (secondary N) is 1. The van der Waals surface area contributed by atoms with E-state index in [4.69, 9.17) is 10.5 Å². The van der Waals surface area contributed by atoms with Gasteiger partial charge in [0.05, 0.1) is 6.10 Å². The van der Waals surface area contributed by atoms with E-state index in [0.717, 1.165) is 37.4 Å². The molecule has 1 saturated heterocycles. The number of aliphatic hydroxyl groups is 1. The molecule has 0 radical (unpaired) electrons. The highest BCUT2D eigenvalue weighted by Crippen LogP contribution is 2.18. The van der Waals surface area contributed by atoms with Crippen molar-refractivity contribution in [3.63, 3.8) is 0 Å². The van der Waals surface area contributed by atoms with E-state index in [1.807, 2.05) is 24.3 Å². The molecule has 2 rings (SSSR count). The first-order chi connectivity index (χ1) is 11.1. The van der Waals surface area contributed by atoms with E-state index in [9.17, 15) is 5.11 Å². The van der Waals surface area contributed by atoms with Gasteiger partial charge in [-0.2, -0.15) is 10.5 Å². The average molecular weight is 311 g/mol. The van der Waals surface area contributed by atoms with Crippen LogP contribution >= 0.6 is 0 Å². The van der Waals surface area contributed by atoms with Crippen LogP contribution in [0, 0.1) is 22.7 Å². The molecular weight excluding hydrogens is 290 g/mol. The first kappa shape index (κ1) is 17.0. The van der Waals surface area contributed by atoms with Crippen LogP contribution in [-0.4, -0.2) is 54.7 Å². The fourth-order valence-electron chi connectivity index (χ4n) is 2.43. The maximum absolute atomic E-state index is 10.4. The molecule has 0 spiro atoms. The third-order valence-corrected chi connectivity index (χ3v) is 3.95. The largest absolute Gasteiger partial charge is 0.387 e. The van der Waals surface area contributed by atoms with Crippen LogP contribution in [0.5, 0.6) is 0 Å². The van der Waals surface area contributed by atoms with E-state index in [-0.39, 0.29) is 5.57 Å². The molecule has 1 fully saturated rings. The van der Waals surface area contributed by atoms with Gasteiger partial charge < -0.3 is 15.3 Å². The first-order valence-electron chi connectivity index (χ1n) is 7.58. The molecule has 1 aliphatic heterocycles. The molecule has 0 aliphatic carbocycles. The Kier molecular flexibility index (Phi) is 6.13. The van der Waals surface area contributed by atoms with E-state index in [1.54, 1.807) is 12.1 Å². The van der Waals surface area contributed by atoms with Gasteiger partial charge in [-0.15, -0.1) is 0 Å². The topological polar surface area (TPSA) is 86.3 Å². The molecule has 2 N–H and O–H groups in total. The molecule has 0 bridgehead atoms. The van der Waals surface area contributed by atoms with Gasteiger partial charge in [-0.25, -0.2) is 0 Å². The van der Waals surface area contributed by atoms with Gasteiger partial charge in [0.15, 0.2) is 0 Å². The highest BCUT2D eigenvalue weighted by molar-refractivity contribution is 5.50. The number of rotatable bonds is 5. The summed E-state index contributed by atoms with van der Waals surface area (Å²) >= 11 is 0. The third kappa shape index (κ3) is 5.08. The van der Waals surface area contributed by atoms with Crippen molar-refractivity contribution in [2.24, 2.45) is 0 Å². The minimum atomic E-state index is -0.517. The molecule has 23 heavy (non-hydrogen) atoms. The monoisotopic (exact) mass is 311 g/mol. The molecule has 0 saturated carbocycles. The summed E-state index contributed by atoms with van der Waals surface area (Å²) in [5.41, 5.74) is 1.65. The smallest absolute Gasteiger partial charge is 0.145 e. The lowest BCUT2D eigenvalue weighted by molar-refractivity contribution is 0.0805. The van der Waals surface area contributed by atoms with Crippen molar-refractivity contribution in [1.29, 1.82) is 10.5 Å². The van der Waals surface area contributed by atoms with Crippen LogP contribution in [0.2, 0.25) is 0 Å². The van der Waals surface area contributed by atoms with Crippen LogP contribution in [0.15, 0.2) is 36.0 Å². The summed E-state index contributed by atoms with van der Waals surface area (Å²) in [6.45, 7) is 4.64. The lowest BCUT2D eigenvalue weighted by atomic mass is 10.1. The number of nitrogens with zero attached hydrogens (tertiary/aromatic N) is 4. The molecule has 120 valence electrons. The standard InChI is InChI=1S/C17H21N5O/c1-21-6-8-22(9-7-21)13-17(23)15-2-4-16(5-3-15)20-12-14(10-18)11-19/h2-5,12,17,20,23H,6-9,13H2,1H3. The van der Waals surface area contributed by atoms with Crippen LogP contribution in [0.3, 0.4) is 0 Å². The lowest BCUT2D eigenvalue weighted by Crippen LogP contribution is -2.45. The van der Waals surface area contributed by atoms with Gasteiger partial charge in [0.1, 0.15) is 17.7 Å². The van der Waals surface area contributed by atoms with Gasteiger partial charge in [-0.3, -0.25) is 4.90 Å². The summed E-state index contributed by atoms with van der Waals surface area (Å²) in [6.07, 6.45) is 0.854. The zero-order valence-corrected chi connectivity index (χ0v) is 13.2. The average Bonchev–Trinajstić information content (AvgIpc) is 2.58. The Morgan fingerprint density at radius 2 is 1.83 bits per heavy atom. The van der Waals surface area contributed by atoms with Crippen molar-refractivity contribution >= 4 is 5.69 Å². The molecule has 1 aliphatic rings. The number of piperazine rings is 1. The Hall–Kier alpha value is -2.38. The SMILES string of the molecule is CN1CCN(CC(O)c2ccc(NC=C(C#N)C#N)cc2)CC1. The number of likely N-dealkylation sites (N-methyl/N-ethyl adjacent to an activating group) is 1. The molecule has 6 heteroatoms. The molecule has 1 unspecified atom stereocenters. The normalized spacial score (nSPS) is 16.9. The number of hydrogen-bond acceptors (Lipinski definition) is 6. The Morgan fingerprint density at radius 3 is 2.39 bits per heavy atom. The zero-order chi connectivity index (χ0) is 16.7. The number of anilines is 1. The molecule has 0 amide bonds. The number of nitriles is 2. The summed E-state index contributed by atoms with van der Waals surface area (Å²) in [7, 11) is 2.11. The van der Waals surface area contributed by atoms with Crippen molar-refractivity contribution < 1.29 is 5.11 Å². The van der Waals surface area contributed by atoms with Crippen LogP contribution in [0.1, 0.15) is 11.7 Å². The number of aliphatic hydroxyl groups excluding tert-OH is 1. The summed E-state index contributed by atoms with van der Waals surface area (Å²) in [5, 5.41) is 30.6. The number of benzene rings is 1. The van der Waals surface area contributed by atoms with Gasteiger partial charge in [0.2, 0.25) is 0 Å². The summed E-state index contributed by atoms with van der Waals surface area (Å²) in [6, 6.07) is 10.9. The fourth-order valence-corrected chi connectivity index (χ4v) is 2.43. The second kappa shape index (κ2) is 8.30. The third-order valence-electron chi connectivity index (χ3n) is 3.95. The van der Waals surface area contributed by atoms with Crippen molar-refractivity contribution in [3.05, 3.63) is 41.6 Å². The molecule has 1 heterocycles. The number of hydrogen-bond donors (Lipinski definition) is 2. The minimum absolute atomic E-state index is 0.0178. The van der Waals surface area contributed by atoms with Crippen LogP contribution in [0.4, 0.5) is 5.69 Å². The zero-order valence-electron chi connectivity index (χ0n) is 13.2. The Balaban J connectivity index is 1.90. The number of allylic oxidation sites excluding steroid dienone is 1. The van der Waals surface area contributed by atoms with Gasteiger partial charge in [0, 0.05) is 44.6 Å². The maximum atomic E-state index is 10.4. The van der Waals surface area contributed by atoms with Gasteiger partial charge in [-0.05, 0) is 24.7 Å². The van der Waals surface area contributed by atoms with Crippen molar-refractivity contribution in [2.75, 3.05) is 45.1 Å². The number of β-amino-alcohol motifs (C(OH)–C–C–N with tert-alkyl or cyclic N) is 1. The van der Waals surface area contributed by atoms with E-state index < -0.39 is 6.10 Å². The second-order valence-electron chi connectivity index (χ2n) is 5.67. The first-order valence-corrected chi connectivity index (χ1v) is 7.58. The predicted molar refractivity (Wildman–Crippen MR) is 88.3 cm³/mol. The fraction of sp³-hybridized carbons (Fsp3) is 0.412. The lowest BCUT2D eigenvalue weighted by Gasteiger charge is -2.33. The quantitative estimate of drug-likeness (QED) is 0.797. The van der Waals surface area contributed by atoms with Gasteiger partial charge in [-0.1, -0.05) is 12.1 Å². The maximum Gasteiger partial charge on any atom is 0.145 e. The Bertz CT molecular complexity index is 602. The Morgan fingerprint density at radius 1 is 1.22 bits per heavy atom. The predicted octanol–water partition coefficient (Wildman–Crippen LogP) is 1.31. The summed E-state index contributed by atoms with van der Waals surface area (Å²) in [4.78, 5) is 4.55. The van der Waals surface area contributed by atoms with E-state index in [2.05, 4.69) is 22.2 Å². The van der Waals surface area contributed by atoms with Crippen molar-refractivity contribution in [1.82, 2.24) is 9.80 Å². The van der Waals surface area contributed by atoms with E-state index in [0.29, 0.717) is 6.54 Å². The minimum Gasteiger partial charge on any atom is -0.387 e. The Labute approximate surface area is 136 Å². The second-order valence-corrected chi connectivity index (χ2v) is 5.67.